The summed E-state index contributed by atoms with van der Waals surface area (Å²) in [5.41, 5.74) is 6.78. The van der Waals surface area contributed by atoms with Crippen LogP contribution in [-0.2, 0) is 6.54 Å². The molecule has 4 N–H and O–H groups in total. The van der Waals surface area contributed by atoms with Crippen LogP contribution in [0.3, 0.4) is 0 Å². The largest absolute Gasteiger partial charge is 0.368 e. The number of hydrogen-bond acceptors (Lipinski definition) is 8. The molecule has 0 aliphatic carbocycles. The summed E-state index contributed by atoms with van der Waals surface area (Å²) >= 11 is 1.63. The fourth-order valence-electron chi connectivity index (χ4n) is 2.10. The summed E-state index contributed by atoms with van der Waals surface area (Å²) in [7, 11) is 3.60. The number of carbonyl (C=O) groups excluding carboxylic acids is 1. The molecule has 10 heteroatoms. The molecule has 0 aliphatic heterocycles. The van der Waals surface area contributed by atoms with Crippen molar-refractivity contribution in [3.8, 4) is 10.6 Å². The third kappa shape index (κ3) is 3.91. The van der Waals surface area contributed by atoms with Crippen molar-refractivity contribution in [3.63, 3.8) is 0 Å². The van der Waals surface area contributed by atoms with Crippen LogP contribution in [0.1, 0.15) is 21.2 Å². The lowest BCUT2D eigenvalue weighted by atomic mass is 10.3. The number of nitrogens with zero attached hydrogens (tertiary/aromatic N) is 5. The van der Waals surface area contributed by atoms with Gasteiger partial charge >= 0.3 is 0 Å². The maximum Gasteiger partial charge on any atom is 0.272 e. The molecule has 25 heavy (non-hydrogen) atoms. The molecule has 3 rings (SSSR count). The van der Waals surface area contributed by atoms with Crippen molar-refractivity contribution >= 4 is 29.1 Å². The number of rotatable bonds is 5. The number of nitrogens with two attached hydrogens (primary N) is 1. The zero-order valence-electron chi connectivity index (χ0n) is 14.1. The highest BCUT2D eigenvalue weighted by Crippen LogP contribution is 2.26. The average Bonchev–Trinajstić information content (AvgIpc) is 3.21. The highest BCUT2D eigenvalue weighted by atomic mass is 32.1. The molecule has 0 fully saturated rings. The lowest BCUT2D eigenvalue weighted by molar-refractivity contribution is 0.0945. The monoisotopic (exact) mass is 358 g/mol. The van der Waals surface area contributed by atoms with Gasteiger partial charge in [-0.25, -0.2) is 0 Å². The Morgan fingerprint density at radius 1 is 1.32 bits per heavy atom. The van der Waals surface area contributed by atoms with E-state index in [1.54, 1.807) is 36.4 Å². The molecule has 0 saturated heterocycles. The summed E-state index contributed by atoms with van der Waals surface area (Å²) in [6.45, 7) is 2.16. The minimum Gasteiger partial charge on any atom is -0.368 e. The molecule has 3 aromatic rings. The van der Waals surface area contributed by atoms with E-state index in [1.807, 2.05) is 19.1 Å². The Kier molecular flexibility index (Phi) is 4.61. The van der Waals surface area contributed by atoms with Crippen LogP contribution in [0.4, 0.5) is 11.9 Å². The van der Waals surface area contributed by atoms with E-state index in [2.05, 4.69) is 30.5 Å². The topological polar surface area (TPSA) is 126 Å². The number of H-pyrrole nitrogens is 1. The lowest BCUT2D eigenvalue weighted by Gasteiger charge is -2.11. The molecule has 1 amide bonds. The number of anilines is 2. The van der Waals surface area contributed by atoms with Gasteiger partial charge in [-0.3, -0.25) is 9.89 Å². The van der Waals surface area contributed by atoms with E-state index in [0.29, 0.717) is 17.5 Å². The van der Waals surface area contributed by atoms with Gasteiger partial charge in [0.25, 0.3) is 5.91 Å². The van der Waals surface area contributed by atoms with Gasteiger partial charge < -0.3 is 16.0 Å². The van der Waals surface area contributed by atoms with Gasteiger partial charge in [0.05, 0.1) is 17.1 Å². The van der Waals surface area contributed by atoms with E-state index in [-0.39, 0.29) is 18.4 Å². The number of aromatic nitrogens is 5. The highest BCUT2D eigenvalue weighted by Gasteiger charge is 2.13. The maximum absolute atomic E-state index is 12.3. The molecule has 0 saturated carbocycles. The van der Waals surface area contributed by atoms with Gasteiger partial charge in [-0.15, -0.1) is 11.3 Å². The van der Waals surface area contributed by atoms with Crippen LogP contribution in [0.2, 0.25) is 0 Å². The van der Waals surface area contributed by atoms with Gasteiger partial charge in [0.1, 0.15) is 0 Å². The van der Waals surface area contributed by atoms with Crippen LogP contribution in [0, 0.1) is 6.92 Å². The molecule has 0 atom stereocenters. The highest BCUT2D eigenvalue weighted by molar-refractivity contribution is 7.15. The van der Waals surface area contributed by atoms with Crippen LogP contribution in [0.5, 0.6) is 0 Å². The SMILES string of the molecule is Cc1ccc(-c2cc(C(=O)NCc3nc(N)nc(N(C)C)n3)n[nH]2)s1. The standard InChI is InChI=1S/C15H18N8OS/c1-8-4-5-11(25-8)9-6-10(22-21-9)13(24)17-7-12-18-14(16)20-15(19-12)23(2)3/h4-6H,7H2,1-3H3,(H,17,24)(H,21,22)(H2,16,18,19,20). The fraction of sp³-hybridized carbons (Fsp3) is 0.267. The number of carbonyl (C=O) groups is 1. The number of amides is 1. The Balaban J connectivity index is 1.68. The summed E-state index contributed by atoms with van der Waals surface area (Å²) in [6.07, 6.45) is 0. The molecule has 130 valence electrons. The van der Waals surface area contributed by atoms with Crippen molar-refractivity contribution in [1.82, 2.24) is 30.5 Å². The lowest BCUT2D eigenvalue weighted by Crippen LogP contribution is -2.25. The van der Waals surface area contributed by atoms with Crippen LogP contribution >= 0.6 is 11.3 Å². The molecule has 0 unspecified atom stereocenters. The molecule has 3 heterocycles. The number of nitrogens with one attached hydrogen (secondary N) is 2. The molecule has 0 aliphatic rings. The van der Waals surface area contributed by atoms with Gasteiger partial charge in [0, 0.05) is 19.0 Å². The summed E-state index contributed by atoms with van der Waals surface area (Å²) < 4.78 is 0. The normalized spacial score (nSPS) is 10.7. The van der Waals surface area contributed by atoms with E-state index < -0.39 is 0 Å². The van der Waals surface area contributed by atoms with Crippen molar-refractivity contribution in [2.45, 2.75) is 13.5 Å². The first-order chi connectivity index (χ1) is 11.9. The quantitative estimate of drug-likeness (QED) is 0.626. The molecule has 0 spiro atoms. The smallest absolute Gasteiger partial charge is 0.272 e. The van der Waals surface area contributed by atoms with Gasteiger partial charge in [0.2, 0.25) is 11.9 Å². The third-order valence-electron chi connectivity index (χ3n) is 3.31. The molecule has 0 bridgehead atoms. The van der Waals surface area contributed by atoms with Crippen molar-refractivity contribution in [1.29, 1.82) is 0 Å². The summed E-state index contributed by atoms with van der Waals surface area (Å²) in [5, 5.41) is 9.67. The average molecular weight is 358 g/mol. The summed E-state index contributed by atoms with van der Waals surface area (Å²) in [4.78, 5) is 28.5. The Labute approximate surface area is 148 Å². The van der Waals surface area contributed by atoms with Gasteiger partial charge in [-0.2, -0.15) is 20.1 Å². The number of thiophene rings is 1. The van der Waals surface area contributed by atoms with E-state index in [9.17, 15) is 4.79 Å². The second-order valence-corrected chi connectivity index (χ2v) is 6.85. The molecular formula is C15H18N8OS. The number of hydrogen-bond donors (Lipinski definition) is 3. The number of nitrogen functional groups attached to an aromatic ring is 1. The number of aryl methyl sites for hydroxylation is 1. The van der Waals surface area contributed by atoms with Crippen molar-refractivity contribution in [2.75, 3.05) is 24.7 Å². The zero-order valence-corrected chi connectivity index (χ0v) is 14.9. The Bertz CT molecular complexity index is 901. The molecule has 3 aromatic heterocycles. The maximum atomic E-state index is 12.3. The minimum atomic E-state index is -0.318. The predicted octanol–water partition coefficient (Wildman–Crippen LogP) is 1.21. The first kappa shape index (κ1) is 16.8. The molecule has 0 aromatic carbocycles. The summed E-state index contributed by atoms with van der Waals surface area (Å²) in [6, 6.07) is 5.73. The van der Waals surface area contributed by atoms with Gasteiger partial charge in [0.15, 0.2) is 11.5 Å². The summed E-state index contributed by atoms with van der Waals surface area (Å²) in [5.74, 6) is 0.611. The Hall–Kier alpha value is -3.01. The third-order valence-corrected chi connectivity index (χ3v) is 4.34. The second kappa shape index (κ2) is 6.85. The number of aromatic amines is 1. The van der Waals surface area contributed by atoms with Crippen LogP contribution in [0.25, 0.3) is 10.6 Å². The second-order valence-electron chi connectivity index (χ2n) is 5.56. The molecule has 0 radical (unpaired) electrons. The van der Waals surface area contributed by atoms with E-state index >= 15 is 0 Å². The van der Waals surface area contributed by atoms with Crippen molar-refractivity contribution in [3.05, 3.63) is 34.6 Å². The Morgan fingerprint density at radius 3 is 2.80 bits per heavy atom. The first-order valence-electron chi connectivity index (χ1n) is 7.50. The van der Waals surface area contributed by atoms with Crippen molar-refractivity contribution < 1.29 is 4.79 Å². The van der Waals surface area contributed by atoms with Crippen LogP contribution < -0.4 is 16.0 Å². The van der Waals surface area contributed by atoms with Gasteiger partial charge in [-0.05, 0) is 25.1 Å². The fourth-order valence-corrected chi connectivity index (χ4v) is 2.93. The van der Waals surface area contributed by atoms with Gasteiger partial charge in [-0.1, -0.05) is 0 Å². The minimum absolute atomic E-state index is 0.109. The van der Waals surface area contributed by atoms with Crippen molar-refractivity contribution in [2.24, 2.45) is 0 Å². The Morgan fingerprint density at radius 2 is 2.12 bits per heavy atom. The van der Waals surface area contributed by atoms with E-state index in [0.717, 1.165) is 10.6 Å². The van der Waals surface area contributed by atoms with E-state index in [4.69, 9.17) is 5.73 Å². The van der Waals surface area contributed by atoms with Crippen LogP contribution in [-0.4, -0.2) is 45.2 Å². The van der Waals surface area contributed by atoms with Crippen LogP contribution in [0.15, 0.2) is 18.2 Å². The molecular weight excluding hydrogens is 340 g/mol. The predicted molar refractivity (Wildman–Crippen MR) is 96.4 cm³/mol. The first-order valence-corrected chi connectivity index (χ1v) is 8.32. The van der Waals surface area contributed by atoms with E-state index in [1.165, 1.54) is 4.88 Å². The zero-order chi connectivity index (χ0) is 18.0. The molecule has 9 nitrogen and oxygen atoms in total.